The van der Waals surface area contributed by atoms with E-state index in [9.17, 15) is 0 Å². The molecule has 0 unspecified atom stereocenters. The zero-order valence-corrected chi connectivity index (χ0v) is 9.15. The fourth-order valence-electron chi connectivity index (χ4n) is 0. The summed E-state index contributed by atoms with van der Waals surface area (Å²) in [5.41, 5.74) is 0. The molecule has 0 N–H and O–H groups in total. The van der Waals surface area contributed by atoms with E-state index >= 15 is 0 Å². The summed E-state index contributed by atoms with van der Waals surface area (Å²) >= 11 is 0. The van der Waals surface area contributed by atoms with Crippen molar-refractivity contribution < 1.29 is 54.3 Å². The second-order valence-corrected chi connectivity index (χ2v) is 0.0962. The van der Waals surface area contributed by atoms with E-state index in [1.54, 1.807) is 0 Å². The third-order valence-corrected chi connectivity index (χ3v) is 0. The van der Waals surface area contributed by atoms with Gasteiger partial charge in [0.25, 0.3) is 0 Å². The molecule has 0 heterocycles. The quantitative estimate of drug-likeness (QED) is 0.337. The third kappa shape index (κ3) is 138. The average molecular weight is 192 g/mol. The van der Waals surface area contributed by atoms with E-state index in [2.05, 4.69) is 0 Å². The van der Waals surface area contributed by atoms with E-state index in [4.69, 9.17) is 9.90 Å². The van der Waals surface area contributed by atoms with Crippen molar-refractivity contribution in [3.05, 3.63) is 0 Å². The van der Waals surface area contributed by atoms with Gasteiger partial charge in [0.2, 0.25) is 0 Å². The summed E-state index contributed by atoms with van der Waals surface area (Å²) in [5.74, 6) is 0. The van der Waals surface area contributed by atoms with Gasteiger partial charge in [0.05, 0.1) is 0 Å². The molecule has 0 aromatic heterocycles. The van der Waals surface area contributed by atoms with Crippen molar-refractivity contribution in [3.63, 3.8) is 0 Å². The molecular weight excluding hydrogens is 191 g/mol. The maximum atomic E-state index is 8.25. The summed E-state index contributed by atoms with van der Waals surface area (Å²) in [7, 11) is 0. The number of carbonyl (C=O) groups is 1. The first-order valence-corrected chi connectivity index (χ1v) is 0.471. The van der Waals surface area contributed by atoms with Crippen molar-refractivity contribution >= 4 is 6.47 Å². The van der Waals surface area contributed by atoms with Gasteiger partial charge < -0.3 is 15.4 Å². The van der Waals surface area contributed by atoms with E-state index in [0.29, 0.717) is 0 Å². The van der Waals surface area contributed by atoms with Crippen molar-refractivity contribution in [2.24, 2.45) is 0 Å². The Kier molecular flexibility index (Phi) is 221. The number of hydrogen-bond acceptors (Lipinski definition) is 2. The molecule has 0 aliphatic carbocycles. The van der Waals surface area contributed by atoms with E-state index in [-0.39, 0.29) is 44.4 Å². The minimum absolute atomic E-state index is 0. The molecule has 0 saturated carbocycles. The van der Waals surface area contributed by atoms with Crippen LogP contribution < -0.4 is 5.11 Å². The van der Waals surface area contributed by atoms with Crippen LogP contribution >= 0.6 is 0 Å². The largest absolute Gasteiger partial charge is 2.00 e. The first kappa shape index (κ1) is 30.0. The van der Waals surface area contributed by atoms with Gasteiger partial charge in [-0.15, -0.1) is 0 Å². The molecule has 6 heavy (non-hydrogen) atoms. The Morgan fingerprint density at radius 1 is 1.33 bits per heavy atom. The summed E-state index contributed by atoms with van der Waals surface area (Å²) in [5, 5.41) is 8.25. The van der Waals surface area contributed by atoms with Crippen LogP contribution in [0.4, 0.5) is 0 Å². The van der Waals surface area contributed by atoms with Gasteiger partial charge >= 0.3 is 39.0 Å². The van der Waals surface area contributed by atoms with Crippen molar-refractivity contribution in [3.8, 4) is 0 Å². The SMILES string of the molecule is O=C[O-].[O-2].[Zn+2].[Zn+2]. The molecule has 0 fully saturated rings. The van der Waals surface area contributed by atoms with Gasteiger partial charge in [-0.05, 0) is 0 Å². The molecule has 0 radical (unpaired) electrons. The minimum atomic E-state index is -0.500. The van der Waals surface area contributed by atoms with Gasteiger partial charge in [0, 0.05) is 6.47 Å². The van der Waals surface area contributed by atoms with Crippen LogP contribution in [0.1, 0.15) is 0 Å². The molecule has 0 rings (SSSR count). The zero-order chi connectivity index (χ0) is 2.71. The van der Waals surface area contributed by atoms with Crippen molar-refractivity contribution in [2.45, 2.75) is 0 Å². The first-order valence-electron chi connectivity index (χ1n) is 0.471. The van der Waals surface area contributed by atoms with E-state index in [0.717, 1.165) is 0 Å². The van der Waals surface area contributed by atoms with Crippen LogP contribution in [0.15, 0.2) is 0 Å². The Morgan fingerprint density at radius 3 is 1.33 bits per heavy atom. The van der Waals surface area contributed by atoms with Crippen LogP contribution in [0.25, 0.3) is 0 Å². The molecule has 26 valence electrons. The molecule has 3 nitrogen and oxygen atoms in total. The third-order valence-electron chi connectivity index (χ3n) is 0. The maximum absolute atomic E-state index is 8.25. The van der Waals surface area contributed by atoms with Crippen LogP contribution in [0, 0.1) is 0 Å². The first-order chi connectivity index (χ1) is 1.41. The second kappa shape index (κ2) is 44.2. The minimum Gasteiger partial charge on any atom is -2.00 e. The average Bonchev–Trinajstić information content (AvgIpc) is 0.918. The van der Waals surface area contributed by atoms with Gasteiger partial charge in [-0.3, -0.25) is 0 Å². The fraction of sp³-hybridized carbons (Fsp3) is 0. The topological polar surface area (TPSA) is 68.6 Å². The molecule has 0 aromatic carbocycles. The zero-order valence-electron chi connectivity index (χ0n) is 3.22. The van der Waals surface area contributed by atoms with Gasteiger partial charge in [0.1, 0.15) is 0 Å². The summed E-state index contributed by atoms with van der Waals surface area (Å²) in [4.78, 5) is 8.25. The molecular formula is CHO3Zn2+. The van der Waals surface area contributed by atoms with E-state index < -0.39 is 6.47 Å². The predicted molar refractivity (Wildman–Crippen MR) is 6.75 cm³/mol. The van der Waals surface area contributed by atoms with E-state index in [1.165, 1.54) is 0 Å². The van der Waals surface area contributed by atoms with Crippen molar-refractivity contribution in [2.75, 3.05) is 0 Å². The smallest absolute Gasteiger partial charge is 2.00 e. The van der Waals surface area contributed by atoms with Crippen LogP contribution in [0.3, 0.4) is 0 Å². The molecule has 0 aliphatic heterocycles. The molecule has 0 amide bonds. The van der Waals surface area contributed by atoms with E-state index in [1.807, 2.05) is 0 Å². The van der Waals surface area contributed by atoms with Gasteiger partial charge in [-0.25, -0.2) is 0 Å². The monoisotopic (exact) mass is 189 g/mol. The van der Waals surface area contributed by atoms with Crippen LogP contribution in [0.5, 0.6) is 0 Å². The summed E-state index contributed by atoms with van der Waals surface area (Å²) in [6, 6.07) is 0. The Morgan fingerprint density at radius 2 is 1.33 bits per heavy atom. The molecule has 0 aromatic rings. The number of hydrogen-bond donors (Lipinski definition) is 0. The summed E-state index contributed by atoms with van der Waals surface area (Å²) in [6.45, 7) is -0.500. The van der Waals surface area contributed by atoms with Gasteiger partial charge in [-0.2, -0.15) is 0 Å². The van der Waals surface area contributed by atoms with Crippen molar-refractivity contribution in [1.82, 2.24) is 0 Å². The molecule has 0 saturated heterocycles. The summed E-state index contributed by atoms with van der Waals surface area (Å²) < 4.78 is 0. The Bertz CT molecular complexity index is 16.3. The van der Waals surface area contributed by atoms with Crippen LogP contribution in [0.2, 0.25) is 0 Å². The molecule has 5 heteroatoms. The van der Waals surface area contributed by atoms with Gasteiger partial charge in [0.15, 0.2) is 0 Å². The number of rotatable bonds is 0. The van der Waals surface area contributed by atoms with Crippen molar-refractivity contribution in [1.29, 1.82) is 0 Å². The maximum Gasteiger partial charge on any atom is 2.00 e. The molecule has 0 spiro atoms. The van der Waals surface area contributed by atoms with Crippen LogP contribution in [-0.4, -0.2) is 6.47 Å². The molecule has 0 aliphatic rings. The Hall–Kier alpha value is 0.677. The predicted octanol–water partition coefficient (Wildman–Crippen LogP) is -1.76. The Balaban J connectivity index is -0.00000000667. The summed E-state index contributed by atoms with van der Waals surface area (Å²) in [6.07, 6.45) is 0. The normalized spacial score (nSPS) is 2.00. The fourth-order valence-corrected chi connectivity index (χ4v) is 0. The van der Waals surface area contributed by atoms with Crippen LogP contribution in [-0.2, 0) is 49.2 Å². The second-order valence-electron chi connectivity index (χ2n) is 0.0962. The Labute approximate surface area is 60.9 Å². The standard InChI is InChI=1S/CH2O2.O.2Zn/c2-1-3;;;/h1H,(H,2,3);;;/q;-2;2*+2/p-1. The number of carbonyl (C=O) groups excluding carboxylic acids is 1. The molecule has 0 bridgehead atoms. The molecule has 0 atom stereocenters. The number of carboxylic acid groups (broad SMARTS) is 1. The van der Waals surface area contributed by atoms with Gasteiger partial charge in [-0.1, -0.05) is 0 Å².